The van der Waals surface area contributed by atoms with E-state index in [0.29, 0.717) is 0 Å². The first-order chi connectivity index (χ1) is 3.18. The Labute approximate surface area is 43.3 Å². The summed E-state index contributed by atoms with van der Waals surface area (Å²) in [4.78, 5) is 9.46. The molecule has 0 aliphatic carbocycles. The van der Waals surface area contributed by atoms with Gasteiger partial charge in [-0.1, -0.05) is 0 Å². The van der Waals surface area contributed by atoms with Crippen LogP contribution in [0.3, 0.4) is 0 Å². The number of aliphatic hydroxyl groups is 1. The van der Waals surface area contributed by atoms with Crippen molar-refractivity contribution < 1.29 is 19.2 Å². The molecule has 5 heteroatoms. The van der Waals surface area contributed by atoms with E-state index in [4.69, 9.17) is 10.2 Å². The molecule has 0 aromatic carbocycles. The molecule has 0 rings (SSSR count). The van der Waals surface area contributed by atoms with Gasteiger partial charge in [-0.3, -0.25) is 0 Å². The minimum atomic E-state index is -1.82. The molecule has 2 N–H and O–H groups in total. The van der Waals surface area contributed by atoms with Gasteiger partial charge in [-0.05, 0) is 0 Å². The van der Waals surface area contributed by atoms with Crippen molar-refractivity contribution in [2.24, 2.45) is 0 Å². The van der Waals surface area contributed by atoms with E-state index in [2.05, 4.69) is 0 Å². The van der Waals surface area contributed by atoms with Gasteiger partial charge in [0.05, 0.1) is 0 Å². The molecule has 0 heterocycles. The van der Waals surface area contributed by atoms with Crippen LogP contribution in [0, 0.1) is 0 Å². The van der Waals surface area contributed by atoms with Gasteiger partial charge in [0, 0.05) is 4.21 Å². The molecular formula is C2H3O4S+. The number of carboxylic acid groups (broad SMARTS) is 1. The lowest BCUT2D eigenvalue weighted by Gasteiger charge is -1.75. The molecule has 0 amide bonds. The molecule has 0 bridgehead atoms. The van der Waals surface area contributed by atoms with Gasteiger partial charge in [0.15, 0.2) is 0 Å². The molecule has 0 saturated heterocycles. The average molecular weight is 123 g/mol. The fraction of sp³-hybridized carbons (Fsp3) is 0.500. The molecule has 0 aliphatic rings. The van der Waals surface area contributed by atoms with E-state index in [1.807, 2.05) is 0 Å². The highest BCUT2D eigenvalue weighted by Crippen LogP contribution is 1.75. The lowest BCUT2D eigenvalue weighted by atomic mass is 10.7. The second kappa shape index (κ2) is 2.59. The summed E-state index contributed by atoms with van der Waals surface area (Å²) in [5.74, 6) is -1.50. The largest absolute Gasteiger partial charge is 0.506 e. The molecule has 0 aliphatic heterocycles. The number of carbonyl (C=O) groups is 1. The van der Waals surface area contributed by atoms with Crippen molar-refractivity contribution in [2.45, 2.75) is 5.44 Å². The lowest BCUT2D eigenvalue weighted by molar-refractivity contribution is -0.142. The second-order valence-corrected chi connectivity index (χ2v) is 1.43. The van der Waals surface area contributed by atoms with Crippen molar-refractivity contribution in [1.29, 1.82) is 0 Å². The predicted octanol–water partition coefficient (Wildman–Crippen LogP) is -1.18. The van der Waals surface area contributed by atoms with E-state index in [1.165, 1.54) is 0 Å². The highest BCUT2D eigenvalue weighted by atomic mass is 32.1. The summed E-state index contributed by atoms with van der Waals surface area (Å²) in [6, 6.07) is 0. The van der Waals surface area contributed by atoms with Crippen LogP contribution in [0.1, 0.15) is 0 Å². The van der Waals surface area contributed by atoms with Crippen LogP contribution in [0.2, 0.25) is 0 Å². The molecule has 0 spiro atoms. The van der Waals surface area contributed by atoms with Gasteiger partial charge in [0.25, 0.3) is 0 Å². The van der Waals surface area contributed by atoms with Crippen LogP contribution < -0.4 is 0 Å². The normalized spacial score (nSPS) is 12.7. The summed E-state index contributed by atoms with van der Waals surface area (Å²) in [5, 5.41) is 15.7. The van der Waals surface area contributed by atoms with E-state index in [9.17, 15) is 9.00 Å². The molecule has 0 fully saturated rings. The summed E-state index contributed by atoms with van der Waals surface area (Å²) >= 11 is -0.361. The van der Waals surface area contributed by atoms with Gasteiger partial charge >= 0.3 is 23.1 Å². The molecule has 0 aromatic rings. The number of carboxylic acids is 1. The third kappa shape index (κ3) is 2.18. The van der Waals surface area contributed by atoms with Gasteiger partial charge in [-0.15, -0.1) is 0 Å². The lowest BCUT2D eigenvalue weighted by Crippen LogP contribution is -2.16. The zero-order valence-electron chi connectivity index (χ0n) is 3.20. The molecule has 0 radical (unpaired) electrons. The Balaban J connectivity index is 3.55. The van der Waals surface area contributed by atoms with E-state index in [1.54, 1.807) is 0 Å². The standard InChI is InChI=1S/C2H2O4S/c3-1(4)2(5)7-6/h2,5H/p+1. The summed E-state index contributed by atoms with van der Waals surface area (Å²) < 4.78 is 9.36. The molecule has 40 valence electrons. The van der Waals surface area contributed by atoms with Crippen LogP contribution in [-0.2, 0) is 20.7 Å². The first-order valence-corrected chi connectivity index (χ1v) is 2.18. The zero-order chi connectivity index (χ0) is 5.86. The van der Waals surface area contributed by atoms with Gasteiger partial charge < -0.3 is 10.2 Å². The van der Waals surface area contributed by atoms with Gasteiger partial charge in [-0.2, -0.15) is 0 Å². The minimum absolute atomic E-state index is 0.361. The van der Waals surface area contributed by atoms with Crippen LogP contribution in [0.5, 0.6) is 0 Å². The number of rotatable bonds is 2. The summed E-state index contributed by atoms with van der Waals surface area (Å²) in [6.45, 7) is 0. The average Bonchev–Trinajstić information content (AvgIpc) is 1.65. The highest BCUT2D eigenvalue weighted by Gasteiger charge is 2.26. The van der Waals surface area contributed by atoms with E-state index in [-0.39, 0.29) is 11.7 Å². The third-order valence-corrected chi connectivity index (χ3v) is 0.686. The SMILES string of the molecule is O=[S+]C(O)C(=O)O. The molecule has 0 aromatic heterocycles. The molecule has 0 saturated carbocycles. The van der Waals surface area contributed by atoms with Crippen LogP contribution in [0.4, 0.5) is 0 Å². The molecular weight excluding hydrogens is 120 g/mol. The Kier molecular flexibility index (Phi) is 2.39. The van der Waals surface area contributed by atoms with Crippen LogP contribution >= 0.6 is 0 Å². The minimum Gasteiger partial charge on any atom is -0.475 e. The Morgan fingerprint density at radius 2 is 2.14 bits per heavy atom. The van der Waals surface area contributed by atoms with Crippen molar-refractivity contribution in [3.05, 3.63) is 0 Å². The van der Waals surface area contributed by atoms with Crippen molar-refractivity contribution >= 4 is 17.6 Å². The quantitative estimate of drug-likeness (QED) is 0.358. The molecule has 1 unspecified atom stereocenters. The smallest absolute Gasteiger partial charge is 0.475 e. The van der Waals surface area contributed by atoms with Crippen molar-refractivity contribution in [3.63, 3.8) is 0 Å². The summed E-state index contributed by atoms with van der Waals surface area (Å²) in [6.07, 6.45) is 0. The Morgan fingerprint density at radius 1 is 1.71 bits per heavy atom. The molecule has 7 heavy (non-hydrogen) atoms. The van der Waals surface area contributed by atoms with Crippen LogP contribution in [0.25, 0.3) is 0 Å². The number of aliphatic carboxylic acids is 1. The van der Waals surface area contributed by atoms with E-state index < -0.39 is 11.4 Å². The van der Waals surface area contributed by atoms with Crippen LogP contribution in [-0.4, -0.2) is 21.6 Å². The Morgan fingerprint density at radius 3 is 2.14 bits per heavy atom. The maximum atomic E-state index is 9.46. The maximum absolute atomic E-state index is 9.46. The monoisotopic (exact) mass is 123 g/mol. The van der Waals surface area contributed by atoms with E-state index >= 15 is 0 Å². The van der Waals surface area contributed by atoms with Crippen molar-refractivity contribution in [1.82, 2.24) is 0 Å². The Hall–Kier alpha value is -0.550. The fourth-order valence-electron chi connectivity index (χ4n) is 0.0412. The Bertz CT molecular complexity index is 89.7. The highest BCUT2D eigenvalue weighted by molar-refractivity contribution is 7.67. The second-order valence-electron chi connectivity index (χ2n) is 0.787. The van der Waals surface area contributed by atoms with Crippen molar-refractivity contribution in [2.75, 3.05) is 0 Å². The fourth-order valence-corrected chi connectivity index (χ4v) is 0.123. The number of hydrogen-bond donors (Lipinski definition) is 2. The first-order valence-electron chi connectivity index (χ1n) is 1.38. The van der Waals surface area contributed by atoms with Gasteiger partial charge in [0.2, 0.25) is 0 Å². The molecule has 1 atom stereocenters. The van der Waals surface area contributed by atoms with Gasteiger partial charge in [-0.25, -0.2) is 4.79 Å². The van der Waals surface area contributed by atoms with E-state index in [0.717, 1.165) is 0 Å². The van der Waals surface area contributed by atoms with Gasteiger partial charge in [0.1, 0.15) is 0 Å². The van der Waals surface area contributed by atoms with Crippen molar-refractivity contribution in [3.8, 4) is 0 Å². The predicted molar refractivity (Wildman–Crippen MR) is 21.7 cm³/mol. The van der Waals surface area contributed by atoms with Crippen LogP contribution in [0.15, 0.2) is 0 Å². The molecule has 4 nitrogen and oxygen atoms in total. The summed E-state index contributed by atoms with van der Waals surface area (Å²) in [7, 11) is 0. The topological polar surface area (TPSA) is 74.6 Å². The first kappa shape index (κ1) is 6.45. The third-order valence-electron chi connectivity index (χ3n) is 0.302. The maximum Gasteiger partial charge on any atom is 0.506 e. The summed E-state index contributed by atoms with van der Waals surface area (Å²) in [5.41, 5.74) is -1.82. The number of hydrogen-bond acceptors (Lipinski definition) is 3. The zero-order valence-corrected chi connectivity index (χ0v) is 4.01. The number of aliphatic hydroxyl groups excluding tert-OH is 1.